The van der Waals surface area contributed by atoms with E-state index in [9.17, 15) is 14.0 Å². The summed E-state index contributed by atoms with van der Waals surface area (Å²) in [6, 6.07) is 9.28. The van der Waals surface area contributed by atoms with Crippen LogP contribution in [0.3, 0.4) is 0 Å². The lowest BCUT2D eigenvalue weighted by Crippen LogP contribution is -2.62. The normalized spacial score (nSPS) is 23.8. The lowest BCUT2D eigenvalue weighted by atomic mass is 9.90. The van der Waals surface area contributed by atoms with Crippen LogP contribution in [-0.4, -0.2) is 114 Å². The first-order valence-electron chi connectivity index (χ1n) is 15.9. The Morgan fingerprint density at radius 2 is 1.93 bits per heavy atom. The molecule has 3 atom stereocenters. The molecule has 6 rings (SSSR count). The van der Waals surface area contributed by atoms with Gasteiger partial charge in [-0.25, -0.2) is 8.91 Å². The number of halogens is 1. The summed E-state index contributed by atoms with van der Waals surface area (Å²) in [6.45, 7) is 15.7. The number of morpholine rings is 1. The molecule has 2 aromatic heterocycles. The van der Waals surface area contributed by atoms with E-state index in [2.05, 4.69) is 42.8 Å². The van der Waals surface area contributed by atoms with Crippen molar-refractivity contribution in [1.29, 1.82) is 0 Å². The molecule has 0 unspecified atom stereocenters. The second-order valence-electron chi connectivity index (χ2n) is 13.6. The number of rotatable bonds is 7. The average Bonchev–Trinajstić information content (AvgIpc) is 3.55. The fourth-order valence-corrected chi connectivity index (χ4v) is 6.89. The van der Waals surface area contributed by atoms with Gasteiger partial charge in [0.2, 0.25) is 11.8 Å². The molecule has 3 aliphatic heterocycles. The Kier molecular flexibility index (Phi) is 8.68. The van der Waals surface area contributed by atoms with Crippen LogP contribution >= 0.6 is 0 Å². The third-order valence-electron chi connectivity index (χ3n) is 9.53. The monoisotopic (exact) mass is 620 g/mol. The minimum Gasteiger partial charge on any atom is -0.379 e. The topological polar surface area (TPSA) is 98.5 Å². The van der Waals surface area contributed by atoms with Crippen molar-refractivity contribution < 1.29 is 18.7 Å². The van der Waals surface area contributed by atoms with Crippen molar-refractivity contribution >= 4 is 29.1 Å². The highest BCUT2D eigenvalue weighted by Gasteiger charge is 2.43. The number of nitrogens with one attached hydrogen (secondary N) is 1. The summed E-state index contributed by atoms with van der Waals surface area (Å²) < 4.78 is 21.2. The van der Waals surface area contributed by atoms with Crippen LogP contribution in [0.25, 0.3) is 5.65 Å². The maximum atomic E-state index is 14.3. The number of nitrogens with zero attached hydrogens (tertiary/aromatic N) is 7. The first kappa shape index (κ1) is 31.5. The molecule has 0 bridgehead atoms. The molecule has 2 fully saturated rings. The van der Waals surface area contributed by atoms with Crippen molar-refractivity contribution in [2.24, 2.45) is 0 Å². The Morgan fingerprint density at radius 3 is 2.64 bits per heavy atom. The van der Waals surface area contributed by atoms with Gasteiger partial charge in [-0.05, 0) is 37.6 Å². The van der Waals surface area contributed by atoms with Crippen LogP contribution in [0, 0.1) is 5.82 Å². The smallest absolute Gasteiger partial charge is 0.252 e. The Hall–Kier alpha value is -3.45. The highest BCUT2D eigenvalue weighted by Crippen LogP contribution is 2.42. The molecule has 242 valence electrons. The molecule has 12 heteroatoms. The van der Waals surface area contributed by atoms with Crippen molar-refractivity contribution in [1.82, 2.24) is 29.7 Å². The van der Waals surface area contributed by atoms with Crippen LogP contribution in [0.2, 0.25) is 0 Å². The maximum Gasteiger partial charge on any atom is 0.252 e. The number of piperazine rings is 1. The largest absolute Gasteiger partial charge is 0.379 e. The van der Waals surface area contributed by atoms with Gasteiger partial charge in [0.05, 0.1) is 31.1 Å². The number of aromatic nitrogens is 3. The molecule has 45 heavy (non-hydrogen) atoms. The molecular formula is C33H45FN8O3. The summed E-state index contributed by atoms with van der Waals surface area (Å²) in [6.07, 6.45) is 0.469. The predicted molar refractivity (Wildman–Crippen MR) is 171 cm³/mol. The van der Waals surface area contributed by atoms with Crippen LogP contribution in [0.5, 0.6) is 0 Å². The lowest BCUT2D eigenvalue weighted by molar-refractivity contribution is -0.121. The molecule has 0 aliphatic carbocycles. The SMILES string of the molecule is CC(=O)N(C)c1nc2c(Cc3ccc(F)cc3)cc3c(n2n1)C(C)(C)CN3C(=O)CN1C[C@@H](C)NC[C@@H]1CN1CCOC[C@H]1C. The summed E-state index contributed by atoms with van der Waals surface area (Å²) in [7, 11) is 1.65. The van der Waals surface area contributed by atoms with Crippen LogP contribution in [-0.2, 0) is 26.2 Å². The number of benzene rings is 1. The first-order valence-corrected chi connectivity index (χ1v) is 15.9. The summed E-state index contributed by atoms with van der Waals surface area (Å²) in [5.74, 6) is -0.131. The Balaban J connectivity index is 1.35. The van der Waals surface area contributed by atoms with Crippen molar-refractivity contribution in [3.05, 3.63) is 53.0 Å². The number of carbonyl (C=O) groups excluding carboxylic acids is 2. The van der Waals surface area contributed by atoms with Gasteiger partial charge in [-0.15, -0.1) is 5.10 Å². The molecule has 0 saturated carbocycles. The zero-order chi connectivity index (χ0) is 32.0. The van der Waals surface area contributed by atoms with Crippen LogP contribution in [0.4, 0.5) is 16.0 Å². The van der Waals surface area contributed by atoms with Gasteiger partial charge in [0.25, 0.3) is 5.95 Å². The van der Waals surface area contributed by atoms with Crippen molar-refractivity contribution in [3.8, 4) is 0 Å². The lowest BCUT2D eigenvalue weighted by Gasteiger charge is -2.43. The number of fused-ring (bicyclic) bond motifs is 3. The van der Waals surface area contributed by atoms with E-state index >= 15 is 0 Å². The second kappa shape index (κ2) is 12.4. The van der Waals surface area contributed by atoms with E-state index in [0.717, 1.165) is 61.9 Å². The standard InChI is InChI=1S/C33H45FN8O3/c1-21-16-40(27(15-35-21)17-39-11-12-45-19-22(39)2)18-29(44)41-20-33(4,5)30-28(41)14-25(13-24-7-9-26(34)10-8-24)31-36-32(37-42(30)31)38(6)23(3)43/h7-10,14,21-22,27,35H,11-13,15-20H2,1-6H3/t21-,22-,27-/m1/s1. The van der Waals surface area contributed by atoms with Gasteiger partial charge in [-0.1, -0.05) is 26.0 Å². The number of hydrogen-bond donors (Lipinski definition) is 1. The van der Waals surface area contributed by atoms with Crippen LogP contribution < -0.4 is 15.1 Å². The molecule has 11 nitrogen and oxygen atoms in total. The molecule has 0 radical (unpaired) electrons. The van der Waals surface area contributed by atoms with E-state index in [1.165, 1.54) is 24.0 Å². The predicted octanol–water partition coefficient (Wildman–Crippen LogP) is 2.45. The second-order valence-corrected chi connectivity index (χ2v) is 13.6. The van der Waals surface area contributed by atoms with Crippen molar-refractivity contribution in [2.45, 2.75) is 64.6 Å². The van der Waals surface area contributed by atoms with Gasteiger partial charge in [-0.2, -0.15) is 4.98 Å². The van der Waals surface area contributed by atoms with E-state index in [0.29, 0.717) is 37.1 Å². The number of anilines is 2. The average molecular weight is 621 g/mol. The quantitative estimate of drug-likeness (QED) is 0.431. The number of amides is 2. The Morgan fingerprint density at radius 1 is 1.18 bits per heavy atom. The Labute approximate surface area is 264 Å². The summed E-state index contributed by atoms with van der Waals surface area (Å²) in [4.78, 5) is 39.5. The molecule has 2 amide bonds. The molecule has 5 heterocycles. The van der Waals surface area contributed by atoms with Crippen LogP contribution in [0.15, 0.2) is 30.3 Å². The molecule has 2 saturated heterocycles. The molecule has 1 N–H and O–H groups in total. The zero-order valence-electron chi connectivity index (χ0n) is 27.2. The van der Waals surface area contributed by atoms with Gasteiger partial charge < -0.3 is 15.0 Å². The molecule has 0 spiro atoms. The fourth-order valence-electron chi connectivity index (χ4n) is 6.89. The van der Waals surface area contributed by atoms with Gasteiger partial charge in [0, 0.05) is 82.2 Å². The molecule has 1 aromatic carbocycles. The number of hydrogen-bond acceptors (Lipinski definition) is 8. The van der Waals surface area contributed by atoms with E-state index in [-0.39, 0.29) is 29.7 Å². The van der Waals surface area contributed by atoms with Crippen LogP contribution in [0.1, 0.15) is 51.4 Å². The van der Waals surface area contributed by atoms with Gasteiger partial charge in [0.1, 0.15) is 5.82 Å². The number of pyridine rings is 1. The summed E-state index contributed by atoms with van der Waals surface area (Å²) >= 11 is 0. The van der Waals surface area contributed by atoms with Crippen molar-refractivity contribution in [2.75, 3.05) is 69.3 Å². The maximum absolute atomic E-state index is 14.3. The minimum absolute atomic E-state index is 0.0456. The van der Waals surface area contributed by atoms with Gasteiger partial charge in [-0.3, -0.25) is 24.3 Å². The summed E-state index contributed by atoms with van der Waals surface area (Å²) in [5.41, 5.74) is 3.65. The first-order chi connectivity index (χ1) is 21.4. The van der Waals surface area contributed by atoms with E-state index in [4.69, 9.17) is 14.8 Å². The molecule has 3 aliphatic rings. The number of ether oxygens (including phenoxy) is 1. The third kappa shape index (κ3) is 6.33. The third-order valence-corrected chi connectivity index (χ3v) is 9.53. The van der Waals surface area contributed by atoms with Gasteiger partial charge in [0.15, 0.2) is 5.65 Å². The van der Waals surface area contributed by atoms with Crippen molar-refractivity contribution in [3.63, 3.8) is 0 Å². The molecule has 3 aromatic rings. The zero-order valence-corrected chi connectivity index (χ0v) is 27.2. The highest BCUT2D eigenvalue weighted by atomic mass is 19.1. The van der Waals surface area contributed by atoms with E-state index in [1.54, 1.807) is 19.2 Å². The minimum atomic E-state index is -0.420. The number of carbonyl (C=O) groups is 2. The van der Waals surface area contributed by atoms with E-state index < -0.39 is 5.41 Å². The fraction of sp³-hybridized carbons (Fsp3) is 0.576. The summed E-state index contributed by atoms with van der Waals surface area (Å²) in [5, 5.41) is 8.42. The molecular weight excluding hydrogens is 575 g/mol. The highest BCUT2D eigenvalue weighted by molar-refractivity contribution is 5.98. The van der Waals surface area contributed by atoms with Gasteiger partial charge >= 0.3 is 0 Å². The van der Waals surface area contributed by atoms with E-state index in [1.807, 2.05) is 15.5 Å². The Bertz CT molecular complexity index is 1570.